The highest BCUT2D eigenvalue weighted by Gasteiger charge is 2.16. The number of carbonyl (C=O) groups is 1. The lowest BCUT2D eigenvalue weighted by Crippen LogP contribution is -2.39. The minimum Gasteiger partial charge on any atom is -0.379 e. The standard InChI is InChI=1S/C27H31N7O3/c1-3-28-27(36)32-26-30-23-16-20(15-21(25(23)31-26)22-6-4-5-7-29-22)19-14-18(2)34(24(35)17-19)9-8-33-10-12-37-13-11-33/h4-7,14-17H,3,8-13H2,1-2H3,(H3,28,30,31,32,36). The molecule has 3 aromatic heterocycles. The first kappa shape index (κ1) is 24.7. The van der Waals surface area contributed by atoms with Crippen molar-refractivity contribution in [1.29, 1.82) is 0 Å². The number of aromatic nitrogens is 4. The van der Waals surface area contributed by atoms with Gasteiger partial charge >= 0.3 is 6.03 Å². The van der Waals surface area contributed by atoms with Crippen LogP contribution in [0.3, 0.4) is 0 Å². The number of H-pyrrole nitrogens is 1. The van der Waals surface area contributed by atoms with Crippen molar-refractivity contribution < 1.29 is 9.53 Å². The number of fused-ring (bicyclic) bond motifs is 1. The van der Waals surface area contributed by atoms with Gasteiger partial charge in [0.1, 0.15) is 0 Å². The molecule has 192 valence electrons. The van der Waals surface area contributed by atoms with Crippen molar-refractivity contribution in [2.24, 2.45) is 0 Å². The van der Waals surface area contributed by atoms with E-state index in [4.69, 9.17) is 4.74 Å². The molecule has 1 aromatic carbocycles. The average Bonchev–Trinajstić information content (AvgIpc) is 3.31. The molecule has 0 saturated carbocycles. The summed E-state index contributed by atoms with van der Waals surface area (Å²) in [6.07, 6.45) is 1.73. The van der Waals surface area contributed by atoms with E-state index in [1.807, 2.05) is 54.8 Å². The van der Waals surface area contributed by atoms with Gasteiger partial charge in [-0.2, -0.15) is 0 Å². The molecule has 3 N–H and O–H groups in total. The third-order valence-corrected chi connectivity index (χ3v) is 6.52. The van der Waals surface area contributed by atoms with Gasteiger partial charge in [-0.1, -0.05) is 6.07 Å². The highest BCUT2D eigenvalue weighted by molar-refractivity contribution is 5.98. The molecule has 0 unspecified atom stereocenters. The number of imidazole rings is 1. The van der Waals surface area contributed by atoms with Crippen LogP contribution < -0.4 is 16.2 Å². The fraction of sp³-hybridized carbons (Fsp3) is 0.333. The van der Waals surface area contributed by atoms with Gasteiger partial charge in [0, 0.05) is 56.2 Å². The van der Waals surface area contributed by atoms with Crippen LogP contribution in [0.2, 0.25) is 0 Å². The third-order valence-electron chi connectivity index (χ3n) is 6.52. The van der Waals surface area contributed by atoms with Crippen LogP contribution in [0.1, 0.15) is 12.6 Å². The number of aromatic amines is 1. The first-order chi connectivity index (χ1) is 18.0. The zero-order chi connectivity index (χ0) is 25.8. The Morgan fingerprint density at radius 1 is 1.11 bits per heavy atom. The van der Waals surface area contributed by atoms with E-state index in [9.17, 15) is 9.59 Å². The normalized spacial score (nSPS) is 14.1. The Labute approximate surface area is 214 Å². The summed E-state index contributed by atoms with van der Waals surface area (Å²) in [6.45, 7) is 9.03. The number of carbonyl (C=O) groups excluding carboxylic acids is 1. The van der Waals surface area contributed by atoms with Gasteiger partial charge in [0.05, 0.1) is 29.9 Å². The predicted molar refractivity (Wildman–Crippen MR) is 144 cm³/mol. The lowest BCUT2D eigenvalue weighted by Gasteiger charge is -2.27. The zero-order valence-corrected chi connectivity index (χ0v) is 21.1. The molecule has 0 bridgehead atoms. The van der Waals surface area contributed by atoms with E-state index in [0.29, 0.717) is 24.6 Å². The number of rotatable bonds is 7. The molecule has 0 spiro atoms. The van der Waals surface area contributed by atoms with E-state index in [1.165, 1.54) is 0 Å². The second-order valence-corrected chi connectivity index (χ2v) is 9.03. The van der Waals surface area contributed by atoms with Gasteiger partial charge in [-0.25, -0.2) is 9.78 Å². The number of morpholine rings is 1. The topological polar surface area (TPSA) is 117 Å². The number of nitrogens with zero attached hydrogens (tertiary/aromatic N) is 4. The SMILES string of the molecule is CCNC(=O)Nc1nc2cc(-c3cc(C)n(CCN4CCOCC4)c(=O)c3)cc(-c3ccccn3)c2[nH]1. The van der Waals surface area contributed by atoms with Crippen LogP contribution >= 0.6 is 0 Å². The Hall–Kier alpha value is -4.02. The Bertz CT molecular complexity index is 1460. The molecule has 1 fully saturated rings. The smallest absolute Gasteiger partial charge is 0.321 e. The number of ether oxygens (including phenoxy) is 1. The maximum absolute atomic E-state index is 13.1. The van der Waals surface area contributed by atoms with Gasteiger partial charge in [-0.15, -0.1) is 0 Å². The average molecular weight is 502 g/mol. The Balaban J connectivity index is 1.51. The fourth-order valence-electron chi connectivity index (χ4n) is 4.62. The van der Waals surface area contributed by atoms with Crippen molar-refractivity contribution in [1.82, 2.24) is 29.7 Å². The summed E-state index contributed by atoms with van der Waals surface area (Å²) >= 11 is 0. The summed E-state index contributed by atoms with van der Waals surface area (Å²) in [7, 11) is 0. The number of nitrogens with one attached hydrogen (secondary N) is 3. The van der Waals surface area contributed by atoms with Crippen LogP contribution in [0.4, 0.5) is 10.7 Å². The Morgan fingerprint density at radius 3 is 2.65 bits per heavy atom. The monoisotopic (exact) mass is 501 g/mol. The van der Waals surface area contributed by atoms with Gasteiger partial charge in [-0.3, -0.25) is 20.0 Å². The number of amides is 2. The summed E-state index contributed by atoms with van der Waals surface area (Å²) in [5.74, 6) is 0.338. The summed E-state index contributed by atoms with van der Waals surface area (Å²) in [5, 5.41) is 5.44. The van der Waals surface area contributed by atoms with Crippen LogP contribution in [0.5, 0.6) is 0 Å². The Morgan fingerprint density at radius 2 is 1.92 bits per heavy atom. The zero-order valence-electron chi connectivity index (χ0n) is 21.1. The van der Waals surface area contributed by atoms with Gasteiger partial charge in [0.25, 0.3) is 5.56 Å². The molecule has 4 aromatic rings. The van der Waals surface area contributed by atoms with Crippen molar-refractivity contribution in [2.75, 3.05) is 44.7 Å². The van der Waals surface area contributed by atoms with E-state index in [1.54, 1.807) is 12.3 Å². The molecule has 5 rings (SSSR count). The molecule has 1 aliphatic rings. The maximum Gasteiger partial charge on any atom is 0.321 e. The largest absolute Gasteiger partial charge is 0.379 e. The minimum atomic E-state index is -0.336. The van der Waals surface area contributed by atoms with E-state index in [0.717, 1.165) is 66.4 Å². The van der Waals surface area contributed by atoms with Crippen molar-refractivity contribution in [3.8, 4) is 22.4 Å². The highest BCUT2D eigenvalue weighted by Crippen LogP contribution is 2.33. The van der Waals surface area contributed by atoms with Crippen molar-refractivity contribution in [3.05, 3.63) is 64.7 Å². The Kier molecular flexibility index (Phi) is 7.29. The third kappa shape index (κ3) is 5.55. The lowest BCUT2D eigenvalue weighted by molar-refractivity contribution is 0.0362. The maximum atomic E-state index is 13.1. The van der Waals surface area contributed by atoms with Crippen LogP contribution in [0.25, 0.3) is 33.4 Å². The first-order valence-corrected chi connectivity index (χ1v) is 12.5. The van der Waals surface area contributed by atoms with Crippen molar-refractivity contribution in [2.45, 2.75) is 20.4 Å². The highest BCUT2D eigenvalue weighted by atomic mass is 16.5. The summed E-state index contributed by atoms with van der Waals surface area (Å²) in [5.41, 5.74) is 5.54. The number of benzene rings is 1. The van der Waals surface area contributed by atoms with E-state index < -0.39 is 0 Å². The summed E-state index contributed by atoms with van der Waals surface area (Å²) in [6, 6.07) is 13.0. The lowest BCUT2D eigenvalue weighted by atomic mass is 10.00. The molecule has 37 heavy (non-hydrogen) atoms. The fourth-order valence-corrected chi connectivity index (χ4v) is 4.62. The molecule has 0 atom stereocenters. The van der Waals surface area contributed by atoms with Crippen LogP contribution in [0.15, 0.2) is 53.5 Å². The molecule has 1 saturated heterocycles. The first-order valence-electron chi connectivity index (χ1n) is 12.5. The molecule has 10 heteroatoms. The quantitative estimate of drug-likeness (QED) is 0.358. The molecule has 0 radical (unpaired) electrons. The molecule has 1 aliphatic heterocycles. The van der Waals surface area contributed by atoms with Crippen LogP contribution in [0, 0.1) is 6.92 Å². The second-order valence-electron chi connectivity index (χ2n) is 9.03. The number of pyridine rings is 2. The molecule has 0 aliphatic carbocycles. The number of hydrogen-bond acceptors (Lipinski definition) is 6. The predicted octanol–water partition coefficient (Wildman–Crippen LogP) is 3.24. The number of anilines is 1. The summed E-state index contributed by atoms with van der Waals surface area (Å²) < 4.78 is 7.24. The number of aryl methyl sites for hydroxylation is 1. The van der Waals surface area contributed by atoms with Crippen molar-refractivity contribution >= 4 is 23.0 Å². The van der Waals surface area contributed by atoms with Gasteiger partial charge < -0.3 is 19.6 Å². The number of hydrogen-bond donors (Lipinski definition) is 3. The molecule has 10 nitrogen and oxygen atoms in total. The molecule has 2 amide bonds. The summed E-state index contributed by atoms with van der Waals surface area (Å²) in [4.78, 5) is 39.8. The van der Waals surface area contributed by atoms with Gasteiger partial charge in [0.2, 0.25) is 5.95 Å². The van der Waals surface area contributed by atoms with Crippen molar-refractivity contribution in [3.63, 3.8) is 0 Å². The van der Waals surface area contributed by atoms with Gasteiger partial charge in [0.15, 0.2) is 0 Å². The minimum absolute atomic E-state index is 0.0386. The van der Waals surface area contributed by atoms with E-state index >= 15 is 0 Å². The van der Waals surface area contributed by atoms with E-state index in [2.05, 4.69) is 30.5 Å². The molecular formula is C27H31N7O3. The second kappa shape index (κ2) is 10.9. The van der Waals surface area contributed by atoms with E-state index in [-0.39, 0.29) is 11.6 Å². The number of urea groups is 1. The van der Waals surface area contributed by atoms with Gasteiger partial charge in [-0.05, 0) is 55.3 Å². The van der Waals surface area contributed by atoms with Crippen LogP contribution in [-0.2, 0) is 11.3 Å². The van der Waals surface area contributed by atoms with Crippen LogP contribution in [-0.4, -0.2) is 69.8 Å². The molecule has 4 heterocycles. The molecular weight excluding hydrogens is 470 g/mol.